The summed E-state index contributed by atoms with van der Waals surface area (Å²) in [4.78, 5) is 37.2. The van der Waals surface area contributed by atoms with Gasteiger partial charge in [0.15, 0.2) is 17.1 Å². The number of carbonyl (C=O) groups is 3. The van der Waals surface area contributed by atoms with Crippen LogP contribution in [0.4, 0.5) is 8.78 Å². The lowest BCUT2D eigenvalue weighted by molar-refractivity contribution is -0.228. The number of hydrogen-bond donors (Lipinski definition) is 2. The molecule has 4 aliphatic carbocycles. The van der Waals surface area contributed by atoms with Gasteiger partial charge in [-0.2, -0.15) is 0 Å². The van der Waals surface area contributed by atoms with Gasteiger partial charge in [0.2, 0.25) is 5.12 Å². The summed E-state index contributed by atoms with van der Waals surface area (Å²) in [5.41, 5.74) is -6.46. The van der Waals surface area contributed by atoms with E-state index in [9.17, 15) is 19.5 Å². The molecule has 0 saturated heterocycles. The van der Waals surface area contributed by atoms with Crippen LogP contribution in [-0.4, -0.2) is 45.5 Å². The average molecular weight is 469 g/mol. The van der Waals surface area contributed by atoms with E-state index in [4.69, 9.17) is 4.74 Å². The molecule has 0 unspecified atom stereocenters. The maximum Gasteiger partial charge on any atom is 0.306 e. The molecule has 0 aromatic rings. The van der Waals surface area contributed by atoms with Crippen LogP contribution in [0.3, 0.4) is 0 Å². The molecule has 32 heavy (non-hydrogen) atoms. The predicted molar refractivity (Wildman–Crippen MR) is 116 cm³/mol. The second-order valence-corrected chi connectivity index (χ2v) is 10.8. The highest BCUT2D eigenvalue weighted by atomic mass is 32.1. The van der Waals surface area contributed by atoms with Crippen molar-refractivity contribution in [3.63, 3.8) is 0 Å². The summed E-state index contributed by atoms with van der Waals surface area (Å²) < 4.78 is 38.3. The molecule has 0 aromatic carbocycles. The molecule has 8 heteroatoms. The first kappa shape index (κ1) is 23.6. The Morgan fingerprint density at radius 1 is 1.28 bits per heavy atom. The first-order valence-corrected chi connectivity index (χ1v) is 11.7. The van der Waals surface area contributed by atoms with E-state index in [1.807, 2.05) is 0 Å². The summed E-state index contributed by atoms with van der Waals surface area (Å²) in [7, 11) is 0. The lowest BCUT2D eigenvalue weighted by atomic mass is 9.44. The van der Waals surface area contributed by atoms with Gasteiger partial charge in [0.1, 0.15) is 6.17 Å². The van der Waals surface area contributed by atoms with E-state index in [0.717, 1.165) is 6.08 Å². The molecule has 0 radical (unpaired) electrons. The Bertz CT molecular complexity index is 949. The molecule has 0 aliphatic heterocycles. The molecule has 176 valence electrons. The van der Waals surface area contributed by atoms with Crippen LogP contribution in [0.5, 0.6) is 0 Å². The zero-order valence-electron chi connectivity index (χ0n) is 18.7. The Morgan fingerprint density at radius 3 is 2.53 bits per heavy atom. The molecule has 0 amide bonds. The Kier molecular flexibility index (Phi) is 5.33. The number of alkyl halides is 2. The summed E-state index contributed by atoms with van der Waals surface area (Å²) in [6.07, 6.45) is 0.619. The second kappa shape index (κ2) is 7.23. The topological polar surface area (TPSA) is 80.7 Å². The van der Waals surface area contributed by atoms with Crippen LogP contribution >= 0.6 is 12.6 Å². The molecular weight excluding hydrogens is 438 g/mol. The summed E-state index contributed by atoms with van der Waals surface area (Å²) in [6.45, 7) is 6.62. The lowest BCUT2D eigenvalue weighted by Crippen LogP contribution is -2.70. The van der Waals surface area contributed by atoms with Crippen molar-refractivity contribution >= 4 is 29.5 Å². The fraction of sp³-hybridized carbons (Fsp3) is 0.708. The number of carbonyl (C=O) groups excluding carboxylic acids is 3. The van der Waals surface area contributed by atoms with Crippen LogP contribution in [0, 0.1) is 28.6 Å². The molecule has 0 spiro atoms. The lowest BCUT2D eigenvalue weighted by Gasteiger charge is -2.63. The minimum absolute atomic E-state index is 0.0476. The minimum Gasteiger partial charge on any atom is -0.449 e. The number of esters is 1. The van der Waals surface area contributed by atoms with Crippen LogP contribution in [0.1, 0.15) is 53.4 Å². The van der Waals surface area contributed by atoms with Crippen molar-refractivity contribution in [2.75, 3.05) is 0 Å². The van der Waals surface area contributed by atoms with Crippen molar-refractivity contribution in [1.82, 2.24) is 0 Å². The number of fused-ring (bicyclic) bond motifs is 5. The molecule has 0 heterocycles. The molecule has 0 aromatic heterocycles. The number of ketones is 1. The maximum atomic E-state index is 17.1. The van der Waals surface area contributed by atoms with Gasteiger partial charge in [-0.25, -0.2) is 8.78 Å². The van der Waals surface area contributed by atoms with Gasteiger partial charge in [-0.15, -0.1) is 12.6 Å². The number of thiol groups is 1. The summed E-state index contributed by atoms with van der Waals surface area (Å²) in [5.74, 6) is -2.94. The highest BCUT2D eigenvalue weighted by Crippen LogP contribution is 2.71. The van der Waals surface area contributed by atoms with E-state index in [2.05, 4.69) is 12.6 Å². The Morgan fingerprint density at radius 2 is 1.94 bits per heavy atom. The third kappa shape index (κ3) is 2.62. The van der Waals surface area contributed by atoms with Crippen molar-refractivity contribution in [1.29, 1.82) is 0 Å². The van der Waals surface area contributed by atoms with Crippen LogP contribution in [0.2, 0.25) is 0 Å². The van der Waals surface area contributed by atoms with Crippen LogP contribution < -0.4 is 0 Å². The summed E-state index contributed by atoms with van der Waals surface area (Å²) in [5, 5.41) is 10.7. The molecule has 4 aliphatic rings. The van der Waals surface area contributed by atoms with Crippen LogP contribution in [0.15, 0.2) is 23.8 Å². The van der Waals surface area contributed by atoms with Crippen molar-refractivity contribution in [3.05, 3.63) is 23.8 Å². The standard InChI is InChI=1S/C24H30F2O5S/c1-5-19(29)31-24(20(30)32)12(2)8-14-15-10-17(25)16-9-13(27)6-7-21(16,3)23(15,26)18(28)11-22(14,24)4/h6-7,9,12,14-15,17-18,28H,5,8,10-11H2,1-4H3,(H,30,32)/t12-,14+,15+,17+,18+,21+,22+,23+,24+/m1/s1. The molecule has 3 saturated carbocycles. The molecule has 9 atom stereocenters. The van der Waals surface area contributed by atoms with Crippen LogP contribution in [-0.2, 0) is 19.1 Å². The maximum absolute atomic E-state index is 17.1. The first-order valence-electron chi connectivity index (χ1n) is 11.2. The van der Waals surface area contributed by atoms with Gasteiger partial charge in [-0.1, -0.05) is 26.8 Å². The smallest absolute Gasteiger partial charge is 0.306 e. The fourth-order valence-electron chi connectivity index (χ4n) is 7.49. The van der Waals surface area contributed by atoms with Gasteiger partial charge in [0.05, 0.1) is 6.10 Å². The van der Waals surface area contributed by atoms with Crippen molar-refractivity contribution in [3.8, 4) is 0 Å². The SMILES string of the molecule is CCC(=O)O[C@]1(C(=O)S)[C@H](C)C[C@H]2[C@@H]3C[C@H](F)C4=CC(=O)C=C[C@]4(C)[C@@]3(F)[C@@H](O)C[C@@]21C. The molecule has 1 N–H and O–H groups in total. The van der Waals surface area contributed by atoms with E-state index >= 15 is 8.78 Å². The van der Waals surface area contributed by atoms with E-state index in [-0.39, 0.29) is 24.8 Å². The number of allylic oxidation sites excluding steroid dienone is 4. The molecule has 5 nitrogen and oxygen atoms in total. The molecule has 3 fully saturated rings. The van der Waals surface area contributed by atoms with Gasteiger partial charge < -0.3 is 9.84 Å². The van der Waals surface area contributed by atoms with E-state index < -0.39 is 69.0 Å². The third-order valence-electron chi connectivity index (χ3n) is 9.05. The number of hydrogen-bond acceptors (Lipinski definition) is 5. The third-order valence-corrected chi connectivity index (χ3v) is 9.38. The van der Waals surface area contributed by atoms with Gasteiger partial charge in [0.25, 0.3) is 0 Å². The molecule has 4 rings (SSSR count). The quantitative estimate of drug-likeness (QED) is 0.488. The van der Waals surface area contributed by atoms with Gasteiger partial charge in [0, 0.05) is 29.1 Å². The van der Waals surface area contributed by atoms with E-state index in [1.54, 1.807) is 20.8 Å². The van der Waals surface area contributed by atoms with Crippen LogP contribution in [0.25, 0.3) is 0 Å². The largest absolute Gasteiger partial charge is 0.449 e. The van der Waals surface area contributed by atoms with Crippen molar-refractivity contribution < 1.29 is 33.0 Å². The Balaban J connectivity index is 1.87. The minimum atomic E-state index is -2.24. The number of rotatable bonds is 3. The molecule has 0 bridgehead atoms. The predicted octanol–water partition coefficient (Wildman–Crippen LogP) is 3.70. The number of ether oxygens (including phenoxy) is 1. The molecular formula is C24H30F2O5S. The highest BCUT2D eigenvalue weighted by molar-refractivity contribution is 7.96. The summed E-state index contributed by atoms with van der Waals surface area (Å²) in [6, 6.07) is 0. The fourth-order valence-corrected chi connectivity index (χ4v) is 8.01. The Hall–Kier alpha value is -1.54. The zero-order chi connectivity index (χ0) is 23.9. The second-order valence-electron chi connectivity index (χ2n) is 10.4. The van der Waals surface area contributed by atoms with Gasteiger partial charge in [-0.3, -0.25) is 14.4 Å². The number of aliphatic hydroxyl groups is 1. The van der Waals surface area contributed by atoms with E-state index in [1.165, 1.54) is 19.1 Å². The monoisotopic (exact) mass is 468 g/mol. The van der Waals surface area contributed by atoms with Crippen molar-refractivity contribution in [2.24, 2.45) is 28.6 Å². The average Bonchev–Trinajstić information content (AvgIpc) is 2.93. The summed E-state index contributed by atoms with van der Waals surface area (Å²) >= 11 is 4.09. The first-order chi connectivity index (χ1) is 14.8. The van der Waals surface area contributed by atoms with Gasteiger partial charge in [-0.05, 0) is 49.8 Å². The Labute approximate surface area is 192 Å². The zero-order valence-corrected chi connectivity index (χ0v) is 19.6. The van der Waals surface area contributed by atoms with E-state index in [0.29, 0.717) is 6.42 Å². The number of halogens is 2. The van der Waals surface area contributed by atoms with Gasteiger partial charge >= 0.3 is 5.97 Å². The van der Waals surface area contributed by atoms with Crippen molar-refractivity contribution in [2.45, 2.75) is 76.9 Å². The normalized spacial score (nSPS) is 49.6. The highest BCUT2D eigenvalue weighted by Gasteiger charge is 2.77. The number of aliphatic hydroxyl groups excluding tert-OH is 1.